The first kappa shape index (κ1) is 19.5. The van der Waals surface area contributed by atoms with Crippen molar-refractivity contribution in [1.82, 2.24) is 29.8 Å². The van der Waals surface area contributed by atoms with Gasteiger partial charge in [0, 0.05) is 43.5 Å². The number of nitrogens with one attached hydrogen (secondary N) is 1. The van der Waals surface area contributed by atoms with Crippen molar-refractivity contribution >= 4 is 11.7 Å². The van der Waals surface area contributed by atoms with E-state index in [9.17, 15) is 4.79 Å². The number of carbonyl (C=O) groups excluding carboxylic acids is 1. The number of aromatic nitrogens is 4. The third-order valence-electron chi connectivity index (χ3n) is 5.97. The molecule has 3 heterocycles. The summed E-state index contributed by atoms with van der Waals surface area (Å²) in [7, 11) is 0. The molecule has 7 nitrogen and oxygen atoms in total. The summed E-state index contributed by atoms with van der Waals surface area (Å²) in [6.07, 6.45) is 3.67. The Hall–Kier alpha value is -2.80. The number of hydrogen-bond acceptors (Lipinski definition) is 5. The van der Waals surface area contributed by atoms with E-state index in [-0.39, 0.29) is 5.91 Å². The fourth-order valence-electron chi connectivity index (χ4n) is 4.13. The smallest absolute Gasteiger partial charge is 0.252 e. The van der Waals surface area contributed by atoms with Gasteiger partial charge in [-0.2, -0.15) is 10.1 Å². The van der Waals surface area contributed by atoms with Gasteiger partial charge in [-0.25, -0.2) is 9.50 Å². The summed E-state index contributed by atoms with van der Waals surface area (Å²) in [4.78, 5) is 23.5. The summed E-state index contributed by atoms with van der Waals surface area (Å²) in [6.45, 7) is 8.81. The van der Waals surface area contributed by atoms with Crippen LogP contribution in [0.3, 0.4) is 0 Å². The molecule has 152 valence electrons. The van der Waals surface area contributed by atoms with Gasteiger partial charge in [0.2, 0.25) is 5.91 Å². The van der Waals surface area contributed by atoms with E-state index in [0.717, 1.165) is 36.5 Å². The first-order chi connectivity index (χ1) is 14.0. The standard InChI is InChI=1S/C22H28N6O/c1-15(27-11-10-18-6-4-5-7-19(18)13-27)12-23-21(29)9-8-20-16(2)26-22-24-14-25-28(22)17(20)3/h4-7,14-15H,8-13H2,1-3H3,(H,23,29). The summed E-state index contributed by atoms with van der Waals surface area (Å²) in [6, 6.07) is 8.94. The molecule has 0 radical (unpaired) electrons. The molecule has 1 amide bonds. The molecule has 1 N–H and O–H groups in total. The van der Waals surface area contributed by atoms with Crippen molar-refractivity contribution in [2.24, 2.45) is 0 Å². The van der Waals surface area contributed by atoms with Crippen LogP contribution in [0.2, 0.25) is 0 Å². The summed E-state index contributed by atoms with van der Waals surface area (Å²) in [5.74, 6) is 0.678. The van der Waals surface area contributed by atoms with Gasteiger partial charge in [-0.3, -0.25) is 9.69 Å². The van der Waals surface area contributed by atoms with E-state index in [1.54, 1.807) is 4.52 Å². The van der Waals surface area contributed by atoms with Gasteiger partial charge in [0.15, 0.2) is 0 Å². The minimum Gasteiger partial charge on any atom is -0.355 e. The Bertz CT molecular complexity index is 1030. The molecule has 1 unspecified atom stereocenters. The molecule has 7 heteroatoms. The topological polar surface area (TPSA) is 75.4 Å². The van der Waals surface area contributed by atoms with Gasteiger partial charge in [-0.15, -0.1) is 0 Å². The number of amides is 1. The van der Waals surface area contributed by atoms with Crippen LogP contribution in [-0.2, 0) is 24.2 Å². The molecule has 1 aromatic carbocycles. The van der Waals surface area contributed by atoms with E-state index in [2.05, 4.69) is 56.5 Å². The minimum absolute atomic E-state index is 0.0757. The molecule has 0 spiro atoms. The highest BCUT2D eigenvalue weighted by molar-refractivity contribution is 5.76. The highest BCUT2D eigenvalue weighted by atomic mass is 16.1. The molecule has 0 saturated heterocycles. The van der Waals surface area contributed by atoms with Gasteiger partial charge in [-0.1, -0.05) is 24.3 Å². The number of fused-ring (bicyclic) bond motifs is 2. The first-order valence-electron chi connectivity index (χ1n) is 10.3. The van der Waals surface area contributed by atoms with Gasteiger partial charge in [-0.05, 0) is 50.3 Å². The molecular formula is C22H28N6O. The predicted octanol–water partition coefficient (Wildman–Crippen LogP) is 2.24. The zero-order valence-corrected chi connectivity index (χ0v) is 17.4. The Labute approximate surface area is 171 Å². The number of carbonyl (C=O) groups is 1. The van der Waals surface area contributed by atoms with Crippen molar-refractivity contribution in [2.75, 3.05) is 13.1 Å². The summed E-state index contributed by atoms with van der Waals surface area (Å²) in [5.41, 5.74) is 5.83. The van der Waals surface area contributed by atoms with Crippen LogP contribution in [0.4, 0.5) is 0 Å². The first-order valence-corrected chi connectivity index (χ1v) is 10.3. The summed E-state index contributed by atoms with van der Waals surface area (Å²) in [5, 5.41) is 7.32. The fourth-order valence-corrected chi connectivity index (χ4v) is 4.13. The summed E-state index contributed by atoms with van der Waals surface area (Å²) < 4.78 is 1.73. The Kier molecular flexibility index (Phi) is 5.58. The number of benzene rings is 1. The number of hydrogen-bond donors (Lipinski definition) is 1. The Balaban J connectivity index is 1.29. The van der Waals surface area contributed by atoms with Crippen LogP contribution < -0.4 is 5.32 Å². The zero-order valence-electron chi connectivity index (χ0n) is 17.4. The van der Waals surface area contributed by atoms with Gasteiger partial charge >= 0.3 is 0 Å². The maximum absolute atomic E-state index is 12.5. The normalized spacial score (nSPS) is 15.3. The molecule has 1 aliphatic heterocycles. The Morgan fingerprint density at radius 3 is 2.86 bits per heavy atom. The molecular weight excluding hydrogens is 364 g/mol. The average molecular weight is 393 g/mol. The second-order valence-corrected chi connectivity index (χ2v) is 7.88. The van der Waals surface area contributed by atoms with Crippen LogP contribution in [0.5, 0.6) is 0 Å². The third kappa shape index (κ3) is 4.15. The lowest BCUT2D eigenvalue weighted by molar-refractivity contribution is -0.121. The minimum atomic E-state index is 0.0757. The fraction of sp³-hybridized carbons (Fsp3) is 0.455. The number of nitrogens with zero attached hydrogens (tertiary/aromatic N) is 5. The SMILES string of the molecule is Cc1nc2ncnn2c(C)c1CCC(=O)NCC(C)N1CCc2ccccc2C1. The second-order valence-electron chi connectivity index (χ2n) is 7.88. The average Bonchev–Trinajstić information content (AvgIpc) is 3.20. The van der Waals surface area contributed by atoms with E-state index in [4.69, 9.17) is 0 Å². The molecule has 0 fully saturated rings. The number of aryl methyl sites for hydroxylation is 2. The molecule has 2 aromatic heterocycles. The lowest BCUT2D eigenvalue weighted by Crippen LogP contribution is -2.44. The monoisotopic (exact) mass is 392 g/mol. The van der Waals surface area contributed by atoms with Crippen LogP contribution >= 0.6 is 0 Å². The molecule has 4 rings (SSSR count). The molecule has 3 aromatic rings. The van der Waals surface area contributed by atoms with Crippen LogP contribution in [0, 0.1) is 13.8 Å². The molecule has 0 bridgehead atoms. The second kappa shape index (κ2) is 8.29. The van der Waals surface area contributed by atoms with Crippen molar-refractivity contribution in [3.05, 3.63) is 58.7 Å². The van der Waals surface area contributed by atoms with Crippen molar-refractivity contribution in [2.45, 2.75) is 52.6 Å². The summed E-state index contributed by atoms with van der Waals surface area (Å²) >= 11 is 0. The van der Waals surface area contributed by atoms with Crippen LogP contribution in [0.1, 0.15) is 41.4 Å². The third-order valence-corrected chi connectivity index (χ3v) is 5.97. The number of rotatable bonds is 6. The zero-order chi connectivity index (χ0) is 20.4. The van der Waals surface area contributed by atoms with E-state index < -0.39 is 0 Å². The molecule has 29 heavy (non-hydrogen) atoms. The van der Waals surface area contributed by atoms with Gasteiger partial charge in [0.25, 0.3) is 5.78 Å². The van der Waals surface area contributed by atoms with Crippen molar-refractivity contribution in [3.8, 4) is 0 Å². The van der Waals surface area contributed by atoms with Crippen molar-refractivity contribution in [1.29, 1.82) is 0 Å². The largest absolute Gasteiger partial charge is 0.355 e. The molecule has 1 atom stereocenters. The van der Waals surface area contributed by atoms with Gasteiger partial charge in [0.1, 0.15) is 6.33 Å². The van der Waals surface area contributed by atoms with Gasteiger partial charge < -0.3 is 5.32 Å². The Morgan fingerprint density at radius 1 is 1.24 bits per heavy atom. The van der Waals surface area contributed by atoms with Crippen molar-refractivity contribution in [3.63, 3.8) is 0 Å². The molecule has 0 saturated carbocycles. The van der Waals surface area contributed by atoms with Crippen LogP contribution in [0.15, 0.2) is 30.6 Å². The van der Waals surface area contributed by atoms with E-state index >= 15 is 0 Å². The molecule has 1 aliphatic rings. The quantitative estimate of drug-likeness (QED) is 0.696. The highest BCUT2D eigenvalue weighted by Gasteiger charge is 2.21. The lowest BCUT2D eigenvalue weighted by Gasteiger charge is -2.33. The molecule has 0 aliphatic carbocycles. The maximum Gasteiger partial charge on any atom is 0.252 e. The van der Waals surface area contributed by atoms with Crippen molar-refractivity contribution < 1.29 is 4.79 Å². The maximum atomic E-state index is 12.5. The van der Waals surface area contributed by atoms with E-state index in [1.165, 1.54) is 17.5 Å². The highest BCUT2D eigenvalue weighted by Crippen LogP contribution is 2.20. The van der Waals surface area contributed by atoms with E-state index in [0.29, 0.717) is 31.2 Å². The van der Waals surface area contributed by atoms with Crippen LogP contribution in [-0.4, -0.2) is 49.5 Å². The van der Waals surface area contributed by atoms with Crippen LogP contribution in [0.25, 0.3) is 5.78 Å². The van der Waals surface area contributed by atoms with E-state index in [1.807, 2.05) is 13.8 Å². The lowest BCUT2D eigenvalue weighted by atomic mass is 9.99. The predicted molar refractivity (Wildman–Crippen MR) is 112 cm³/mol. The van der Waals surface area contributed by atoms with Gasteiger partial charge in [0.05, 0.1) is 0 Å². The Morgan fingerprint density at radius 2 is 2.03 bits per heavy atom.